The zero-order valence-corrected chi connectivity index (χ0v) is 9.12. The van der Waals surface area contributed by atoms with Gasteiger partial charge < -0.3 is 9.47 Å². The Morgan fingerprint density at radius 1 is 1.36 bits per heavy atom. The van der Waals surface area contributed by atoms with Gasteiger partial charge in [-0.2, -0.15) is 0 Å². The molecule has 0 aliphatic carbocycles. The lowest BCUT2D eigenvalue weighted by atomic mass is 10.3. The van der Waals surface area contributed by atoms with Crippen LogP contribution in [0.15, 0.2) is 12.2 Å². The highest BCUT2D eigenvalue weighted by Gasteiger charge is 1.94. The van der Waals surface area contributed by atoms with Crippen molar-refractivity contribution in [3.63, 3.8) is 0 Å². The van der Waals surface area contributed by atoms with Crippen molar-refractivity contribution >= 4 is 5.78 Å². The number of allylic oxidation sites excluding steroid dienone is 2. The first-order valence-corrected chi connectivity index (χ1v) is 5.10. The molecule has 1 aliphatic rings. The van der Waals surface area contributed by atoms with E-state index in [1.165, 1.54) is 0 Å². The average Bonchev–Trinajstić information content (AvgIpc) is 2.21. The van der Waals surface area contributed by atoms with Crippen molar-refractivity contribution in [1.29, 1.82) is 0 Å². The summed E-state index contributed by atoms with van der Waals surface area (Å²) in [5.74, 6) is 0.137. The van der Waals surface area contributed by atoms with Crippen LogP contribution in [-0.2, 0) is 14.3 Å². The number of hydrogen-bond acceptors (Lipinski definition) is 3. The minimum Gasteiger partial charge on any atom is -0.355 e. The largest absolute Gasteiger partial charge is 0.355 e. The van der Waals surface area contributed by atoms with Crippen LogP contribution in [0.3, 0.4) is 0 Å². The maximum atomic E-state index is 10.2. The van der Waals surface area contributed by atoms with Gasteiger partial charge in [0, 0.05) is 0 Å². The minimum absolute atomic E-state index is 0.137. The molecule has 0 radical (unpaired) electrons. The van der Waals surface area contributed by atoms with Gasteiger partial charge in [-0.1, -0.05) is 19.4 Å². The lowest BCUT2D eigenvalue weighted by Gasteiger charge is -2.09. The van der Waals surface area contributed by atoms with Crippen molar-refractivity contribution in [3.8, 4) is 0 Å². The maximum Gasteiger partial charge on any atom is 0.152 e. The number of unbranched alkanes of at least 4 members (excludes halogenated alkanes) is 1. The van der Waals surface area contributed by atoms with Crippen LogP contribution in [0.2, 0.25) is 0 Å². The highest BCUT2D eigenvalue weighted by molar-refractivity contribution is 5.87. The number of ether oxygens (including phenoxy) is 2. The van der Waals surface area contributed by atoms with E-state index in [4.69, 9.17) is 9.47 Å². The van der Waals surface area contributed by atoms with Crippen molar-refractivity contribution in [3.05, 3.63) is 12.2 Å². The summed E-state index contributed by atoms with van der Waals surface area (Å²) < 4.78 is 9.69. The Morgan fingerprint density at radius 2 is 2.00 bits per heavy atom. The molecule has 0 amide bonds. The van der Waals surface area contributed by atoms with E-state index in [2.05, 4.69) is 6.92 Å². The van der Waals surface area contributed by atoms with Gasteiger partial charge >= 0.3 is 0 Å². The van der Waals surface area contributed by atoms with E-state index in [1.54, 1.807) is 13.0 Å². The topological polar surface area (TPSA) is 35.5 Å². The van der Waals surface area contributed by atoms with Crippen LogP contribution in [0.5, 0.6) is 0 Å². The molecule has 0 bridgehead atoms. The van der Waals surface area contributed by atoms with Gasteiger partial charge in [-0.25, -0.2) is 0 Å². The number of rotatable bonds is 3. The Balaban J connectivity index is 0.000000249. The molecule has 82 valence electrons. The summed E-state index contributed by atoms with van der Waals surface area (Å²) in [4.78, 5) is 10.2. The van der Waals surface area contributed by atoms with Crippen LogP contribution < -0.4 is 0 Å². The van der Waals surface area contributed by atoms with Gasteiger partial charge in [-0.05, 0) is 25.8 Å². The molecule has 3 heteroatoms. The molecular weight excluding hydrogens is 180 g/mol. The number of carbonyl (C=O) groups excluding carboxylic acids is 1. The predicted molar refractivity (Wildman–Crippen MR) is 56.1 cm³/mol. The summed E-state index contributed by atoms with van der Waals surface area (Å²) in [6, 6.07) is 0. The highest BCUT2D eigenvalue weighted by atomic mass is 16.7. The van der Waals surface area contributed by atoms with Crippen molar-refractivity contribution in [1.82, 2.24) is 0 Å². The molecule has 0 saturated carbocycles. The Kier molecular flexibility index (Phi) is 9.91. The van der Waals surface area contributed by atoms with E-state index in [-0.39, 0.29) is 5.78 Å². The molecule has 1 aliphatic heterocycles. The number of ketones is 1. The number of carbonyl (C=O) groups is 1. The second-order valence-corrected chi connectivity index (χ2v) is 3.09. The molecule has 0 atom stereocenters. The third-order valence-corrected chi connectivity index (χ3v) is 1.55. The summed E-state index contributed by atoms with van der Waals surface area (Å²) in [6.45, 7) is 5.90. The molecule has 1 heterocycles. The van der Waals surface area contributed by atoms with Gasteiger partial charge in [-0.15, -0.1) is 0 Å². The second-order valence-electron chi connectivity index (χ2n) is 3.09. The summed E-state index contributed by atoms with van der Waals surface area (Å²) in [6.07, 6.45) is 6.70. The van der Waals surface area contributed by atoms with Crippen molar-refractivity contribution in [2.24, 2.45) is 0 Å². The van der Waals surface area contributed by atoms with Gasteiger partial charge in [0.15, 0.2) is 5.78 Å². The van der Waals surface area contributed by atoms with Crippen LogP contribution in [0.4, 0.5) is 0 Å². The monoisotopic (exact) mass is 200 g/mol. The fourth-order valence-electron chi connectivity index (χ4n) is 0.856. The quantitative estimate of drug-likeness (QED) is 0.656. The lowest BCUT2D eigenvalue weighted by molar-refractivity contribution is -0.112. The summed E-state index contributed by atoms with van der Waals surface area (Å²) >= 11 is 0. The molecule has 0 N–H and O–H groups in total. The SMILES string of the molecule is C1COCOC1.CCCC=CC(C)=O. The van der Waals surface area contributed by atoms with Crippen LogP contribution in [-0.4, -0.2) is 25.8 Å². The smallest absolute Gasteiger partial charge is 0.152 e. The zero-order valence-electron chi connectivity index (χ0n) is 9.12. The van der Waals surface area contributed by atoms with Gasteiger partial charge in [0.1, 0.15) is 6.79 Å². The number of hydrogen-bond donors (Lipinski definition) is 0. The first-order chi connectivity index (χ1) is 6.77. The van der Waals surface area contributed by atoms with Crippen LogP contribution in [0.25, 0.3) is 0 Å². The summed E-state index contributed by atoms with van der Waals surface area (Å²) in [7, 11) is 0. The van der Waals surface area contributed by atoms with Crippen molar-refractivity contribution < 1.29 is 14.3 Å². The van der Waals surface area contributed by atoms with Gasteiger partial charge in [0.25, 0.3) is 0 Å². The first-order valence-electron chi connectivity index (χ1n) is 5.10. The lowest BCUT2D eigenvalue weighted by Crippen LogP contribution is -2.11. The summed E-state index contributed by atoms with van der Waals surface area (Å²) in [5.41, 5.74) is 0. The normalized spacial score (nSPS) is 16.1. The van der Waals surface area contributed by atoms with E-state index in [0.29, 0.717) is 6.79 Å². The van der Waals surface area contributed by atoms with Crippen molar-refractivity contribution in [2.45, 2.75) is 33.1 Å². The van der Waals surface area contributed by atoms with E-state index in [9.17, 15) is 4.79 Å². The maximum absolute atomic E-state index is 10.2. The van der Waals surface area contributed by atoms with E-state index >= 15 is 0 Å². The molecule has 0 aromatic heterocycles. The Bertz CT molecular complexity index is 148. The standard InChI is InChI=1S/C7H12O.C4H8O2/c1-3-4-5-6-7(2)8;1-2-5-4-6-3-1/h5-6H,3-4H2,1-2H3;1-4H2. The van der Waals surface area contributed by atoms with Crippen molar-refractivity contribution in [2.75, 3.05) is 20.0 Å². The Hall–Kier alpha value is -0.670. The Morgan fingerprint density at radius 3 is 2.29 bits per heavy atom. The molecular formula is C11H20O3. The summed E-state index contributed by atoms with van der Waals surface area (Å²) in [5, 5.41) is 0. The van der Waals surface area contributed by atoms with Gasteiger partial charge in [0.2, 0.25) is 0 Å². The van der Waals surface area contributed by atoms with E-state index < -0.39 is 0 Å². The third kappa shape index (κ3) is 11.3. The van der Waals surface area contributed by atoms with Crippen LogP contribution in [0, 0.1) is 0 Å². The zero-order chi connectivity index (χ0) is 10.6. The van der Waals surface area contributed by atoms with Gasteiger partial charge in [-0.3, -0.25) is 4.79 Å². The highest BCUT2D eigenvalue weighted by Crippen LogP contribution is 1.91. The molecule has 0 spiro atoms. The van der Waals surface area contributed by atoms with E-state index in [0.717, 1.165) is 32.5 Å². The minimum atomic E-state index is 0.137. The fourth-order valence-corrected chi connectivity index (χ4v) is 0.856. The second kappa shape index (κ2) is 10.4. The Labute approximate surface area is 86.1 Å². The third-order valence-electron chi connectivity index (χ3n) is 1.55. The first kappa shape index (κ1) is 13.3. The predicted octanol–water partition coefficient (Wildman–Crippen LogP) is 2.31. The molecule has 0 aromatic carbocycles. The van der Waals surface area contributed by atoms with Crippen LogP contribution >= 0.6 is 0 Å². The van der Waals surface area contributed by atoms with E-state index in [1.807, 2.05) is 6.08 Å². The molecule has 0 aromatic rings. The molecule has 0 unspecified atom stereocenters. The van der Waals surface area contributed by atoms with Crippen LogP contribution in [0.1, 0.15) is 33.1 Å². The molecule has 1 rings (SSSR count). The van der Waals surface area contributed by atoms with Gasteiger partial charge in [0.05, 0.1) is 13.2 Å². The molecule has 1 fully saturated rings. The molecule has 14 heavy (non-hydrogen) atoms. The fraction of sp³-hybridized carbons (Fsp3) is 0.727. The molecule has 1 saturated heterocycles. The molecule has 3 nitrogen and oxygen atoms in total. The average molecular weight is 200 g/mol.